The number of carbonyl (C=O) groups is 2. The van der Waals surface area contributed by atoms with Gasteiger partial charge >= 0.3 is 21.2 Å². The Labute approximate surface area is 81.6 Å². The van der Waals surface area contributed by atoms with E-state index >= 15 is 0 Å². The lowest BCUT2D eigenvalue weighted by Crippen LogP contribution is -2.20. The van der Waals surface area contributed by atoms with E-state index in [9.17, 15) is 18.0 Å². The van der Waals surface area contributed by atoms with Crippen molar-refractivity contribution in [2.24, 2.45) is 0 Å². The Bertz CT molecular complexity index is 336. The van der Waals surface area contributed by atoms with Gasteiger partial charge in [0.1, 0.15) is 11.0 Å². The Morgan fingerprint density at radius 1 is 1.38 bits per heavy atom. The molecule has 1 fully saturated rings. The molecular formula is C2H2N2O6S3. The maximum Gasteiger partial charge on any atom is 0.478 e. The number of hydrogen-bond donors (Lipinski definition) is 2. The second-order valence-electron chi connectivity index (χ2n) is 1.59. The van der Waals surface area contributed by atoms with E-state index in [0.29, 0.717) is 3.71 Å². The van der Waals surface area contributed by atoms with Crippen molar-refractivity contribution in [1.82, 2.24) is 8.43 Å². The molecule has 2 amide bonds. The van der Waals surface area contributed by atoms with Gasteiger partial charge in [-0.15, -0.1) is 3.71 Å². The minimum atomic E-state index is -3.57. The first kappa shape index (κ1) is 10.3. The first-order valence-electron chi connectivity index (χ1n) is 2.55. The van der Waals surface area contributed by atoms with Gasteiger partial charge < -0.3 is 0 Å². The lowest BCUT2D eigenvalue weighted by molar-refractivity contribution is -0.178. The summed E-state index contributed by atoms with van der Waals surface area (Å²) in [5.41, 5.74) is 0. The van der Waals surface area contributed by atoms with Gasteiger partial charge in [0.15, 0.2) is 0 Å². The van der Waals surface area contributed by atoms with Crippen molar-refractivity contribution in [3.05, 3.63) is 0 Å². The summed E-state index contributed by atoms with van der Waals surface area (Å²) < 4.78 is 22.9. The Morgan fingerprint density at radius 2 is 1.92 bits per heavy atom. The summed E-state index contributed by atoms with van der Waals surface area (Å²) >= 11 is 3.27. The maximum absolute atomic E-state index is 10.6. The molecule has 0 bridgehead atoms. The van der Waals surface area contributed by atoms with Crippen molar-refractivity contribution in [2.75, 3.05) is 0 Å². The van der Waals surface area contributed by atoms with Gasteiger partial charge in [-0.05, 0) is 0 Å². The van der Waals surface area contributed by atoms with E-state index in [2.05, 4.69) is 22.6 Å². The van der Waals surface area contributed by atoms with Gasteiger partial charge in [-0.25, -0.2) is 19.4 Å². The number of hydrogen-bond acceptors (Lipinski definition) is 8. The third-order valence-electron chi connectivity index (χ3n) is 0.774. The molecule has 0 aromatic carbocycles. The molecule has 0 unspecified atom stereocenters. The number of rotatable bonds is 0. The summed E-state index contributed by atoms with van der Waals surface area (Å²) in [6, 6.07) is 0. The van der Waals surface area contributed by atoms with Crippen LogP contribution in [0.3, 0.4) is 0 Å². The van der Waals surface area contributed by atoms with E-state index in [4.69, 9.17) is 0 Å². The average molecular weight is 246 g/mol. The monoisotopic (exact) mass is 246 g/mol. The van der Waals surface area contributed by atoms with Gasteiger partial charge in [0, 0.05) is 0 Å². The second-order valence-corrected chi connectivity index (χ2v) is 5.49. The van der Waals surface area contributed by atoms with Crippen molar-refractivity contribution in [3.8, 4) is 0 Å². The number of carbonyl (C=O) groups excluding carboxylic acids is 2. The SMILES string of the molecule is O=C(NS)OOC(=O)N1SS1(=O)=O. The molecule has 13 heavy (non-hydrogen) atoms. The van der Waals surface area contributed by atoms with Crippen molar-refractivity contribution in [2.45, 2.75) is 0 Å². The molecule has 1 heterocycles. The molecule has 1 aliphatic rings. The normalized spacial score (nSPS) is 17.5. The standard InChI is InChI=1S/C2H2N2O6S3/c5-1(3-11)9-10-2(6)4-12-13(4,7)8/h11H,(H,3,5). The summed E-state index contributed by atoms with van der Waals surface area (Å²) in [7, 11) is -3.31. The minimum Gasteiger partial charge on any atom is -0.265 e. The van der Waals surface area contributed by atoms with Crippen LogP contribution in [0, 0.1) is 0 Å². The molecule has 8 nitrogen and oxygen atoms in total. The van der Waals surface area contributed by atoms with Crippen molar-refractivity contribution in [3.63, 3.8) is 0 Å². The van der Waals surface area contributed by atoms with Crippen molar-refractivity contribution in [1.29, 1.82) is 0 Å². The highest BCUT2D eigenvalue weighted by Crippen LogP contribution is 2.42. The van der Waals surface area contributed by atoms with Crippen LogP contribution in [0.25, 0.3) is 0 Å². The van der Waals surface area contributed by atoms with Crippen LogP contribution < -0.4 is 4.72 Å². The molecular weight excluding hydrogens is 244 g/mol. The Hall–Kier alpha value is -0.810. The summed E-state index contributed by atoms with van der Waals surface area (Å²) in [4.78, 5) is 28.4. The van der Waals surface area contributed by atoms with Gasteiger partial charge in [-0.2, -0.15) is 8.42 Å². The predicted octanol–water partition coefficient (Wildman–Crippen LogP) is -0.182. The van der Waals surface area contributed by atoms with Crippen LogP contribution in [0.15, 0.2) is 0 Å². The van der Waals surface area contributed by atoms with Gasteiger partial charge in [0.2, 0.25) is 0 Å². The average Bonchev–Trinajstić information content (AvgIpc) is 2.70. The molecule has 1 saturated heterocycles. The molecule has 0 aromatic heterocycles. The minimum absolute atomic E-state index is 0.261. The number of thiol groups is 1. The largest absolute Gasteiger partial charge is 0.478 e. The van der Waals surface area contributed by atoms with E-state index in [1.54, 1.807) is 4.72 Å². The fourth-order valence-electron chi connectivity index (χ4n) is 0.316. The number of amides is 2. The van der Waals surface area contributed by atoms with Crippen LogP contribution in [-0.2, 0) is 18.8 Å². The fourth-order valence-corrected chi connectivity index (χ4v) is 2.05. The van der Waals surface area contributed by atoms with Crippen molar-refractivity contribution >= 4 is 45.0 Å². The zero-order valence-corrected chi connectivity index (χ0v) is 8.19. The molecule has 1 rings (SSSR count). The second kappa shape index (κ2) is 3.51. The number of nitrogens with zero attached hydrogens (tertiary/aromatic N) is 1. The number of nitrogens with one attached hydrogen (secondary N) is 1. The highest BCUT2D eigenvalue weighted by atomic mass is 33.2. The van der Waals surface area contributed by atoms with Gasteiger partial charge in [0.05, 0.1) is 0 Å². The molecule has 0 atom stereocenters. The van der Waals surface area contributed by atoms with Gasteiger partial charge in [-0.1, -0.05) is 12.8 Å². The lowest BCUT2D eigenvalue weighted by atomic mass is 11.3. The zero-order chi connectivity index (χ0) is 10.1. The molecule has 74 valence electrons. The zero-order valence-electron chi connectivity index (χ0n) is 5.66. The Kier molecular flexibility index (Phi) is 2.77. The first-order valence-corrected chi connectivity index (χ1v) is 5.72. The van der Waals surface area contributed by atoms with E-state index in [1.165, 1.54) is 0 Å². The van der Waals surface area contributed by atoms with Gasteiger partial charge in [0.25, 0.3) is 0 Å². The highest BCUT2D eigenvalue weighted by molar-refractivity contribution is 8.84. The summed E-state index contributed by atoms with van der Waals surface area (Å²) in [6.45, 7) is 0. The molecule has 1 N–H and O–H groups in total. The third-order valence-corrected chi connectivity index (χ3v) is 3.57. The van der Waals surface area contributed by atoms with E-state index in [1.807, 2.05) is 0 Å². The fraction of sp³-hybridized carbons (Fsp3) is 0. The summed E-state index contributed by atoms with van der Waals surface area (Å²) in [5, 5.41) is 0. The van der Waals surface area contributed by atoms with Crippen molar-refractivity contribution < 1.29 is 27.8 Å². The third kappa shape index (κ3) is 2.57. The predicted molar refractivity (Wildman–Crippen MR) is 43.4 cm³/mol. The van der Waals surface area contributed by atoms with Gasteiger partial charge in [-0.3, -0.25) is 4.72 Å². The smallest absolute Gasteiger partial charge is 0.265 e. The van der Waals surface area contributed by atoms with Crippen LogP contribution in [0.1, 0.15) is 0 Å². The first-order chi connectivity index (χ1) is 5.97. The molecule has 0 saturated carbocycles. The quantitative estimate of drug-likeness (QED) is 0.153. The molecule has 11 heteroatoms. The van der Waals surface area contributed by atoms with Crippen LogP contribution in [-0.4, -0.2) is 24.3 Å². The van der Waals surface area contributed by atoms with E-state index in [-0.39, 0.29) is 11.0 Å². The van der Waals surface area contributed by atoms with Crippen LogP contribution in [0.4, 0.5) is 9.59 Å². The lowest BCUT2D eigenvalue weighted by Gasteiger charge is -1.98. The van der Waals surface area contributed by atoms with E-state index < -0.39 is 21.2 Å². The Morgan fingerprint density at radius 3 is 2.31 bits per heavy atom. The topological polar surface area (TPSA) is 102 Å². The van der Waals surface area contributed by atoms with Crippen LogP contribution in [0.5, 0.6) is 0 Å². The van der Waals surface area contributed by atoms with Crippen LogP contribution >= 0.6 is 23.8 Å². The van der Waals surface area contributed by atoms with E-state index in [0.717, 1.165) is 0 Å². The Balaban J connectivity index is 2.32. The van der Waals surface area contributed by atoms with Crippen LogP contribution in [0.2, 0.25) is 0 Å². The molecule has 0 aromatic rings. The highest BCUT2D eigenvalue weighted by Gasteiger charge is 2.50. The summed E-state index contributed by atoms with van der Waals surface area (Å²) in [5.74, 6) is 0. The maximum atomic E-state index is 10.6. The molecule has 0 aliphatic carbocycles. The molecule has 0 radical (unpaired) electrons. The molecule has 1 aliphatic heterocycles. The molecule has 0 spiro atoms. The summed E-state index contributed by atoms with van der Waals surface area (Å²) in [6.07, 6.45) is -2.44.